The van der Waals surface area contributed by atoms with E-state index in [1.165, 1.54) is 17.0 Å². The Morgan fingerprint density at radius 3 is 2.41 bits per heavy atom. The van der Waals surface area contributed by atoms with Crippen LogP contribution < -0.4 is 10.5 Å². The van der Waals surface area contributed by atoms with Gasteiger partial charge in [0.05, 0.1) is 22.9 Å². The van der Waals surface area contributed by atoms with Crippen molar-refractivity contribution in [3.8, 4) is 0 Å². The predicted molar refractivity (Wildman–Crippen MR) is 128 cm³/mol. The molecule has 0 spiro atoms. The Bertz CT molecular complexity index is 1260. The van der Waals surface area contributed by atoms with Gasteiger partial charge in [0.2, 0.25) is 5.91 Å². The van der Waals surface area contributed by atoms with Crippen molar-refractivity contribution >= 4 is 28.4 Å². The Labute approximate surface area is 197 Å². The molecule has 0 N–H and O–H groups in total. The Morgan fingerprint density at radius 1 is 1.03 bits per heavy atom. The van der Waals surface area contributed by atoms with E-state index in [-0.39, 0.29) is 29.7 Å². The number of carbonyl (C=O) groups is 2. The van der Waals surface area contributed by atoms with Crippen molar-refractivity contribution in [3.05, 3.63) is 70.5 Å². The van der Waals surface area contributed by atoms with Gasteiger partial charge in [-0.1, -0.05) is 12.1 Å². The summed E-state index contributed by atoms with van der Waals surface area (Å²) in [5, 5.41) is 0.357. The number of halogens is 1. The van der Waals surface area contributed by atoms with Crippen molar-refractivity contribution in [3.63, 3.8) is 0 Å². The SMILES string of the molecule is CCN(CC)C(=O)Cn1cnc2cc(C(=O)N3CCN(c4ccccc4F)CC3)ccc2c1=O. The molecule has 2 aromatic carbocycles. The average molecular weight is 466 g/mol. The molecule has 1 aliphatic heterocycles. The van der Waals surface area contributed by atoms with E-state index in [2.05, 4.69) is 4.98 Å². The number of para-hydroxylation sites is 1. The molecule has 0 aliphatic carbocycles. The van der Waals surface area contributed by atoms with Gasteiger partial charge in [0, 0.05) is 44.8 Å². The fourth-order valence-corrected chi connectivity index (χ4v) is 4.27. The first-order chi connectivity index (χ1) is 16.4. The van der Waals surface area contributed by atoms with Gasteiger partial charge in [-0.25, -0.2) is 9.37 Å². The molecule has 2 heterocycles. The molecule has 8 nitrogen and oxygen atoms in total. The summed E-state index contributed by atoms with van der Waals surface area (Å²) in [5.41, 5.74) is 1.08. The van der Waals surface area contributed by atoms with Crippen LogP contribution in [0.15, 0.2) is 53.6 Å². The van der Waals surface area contributed by atoms with E-state index < -0.39 is 0 Å². The second kappa shape index (κ2) is 10.0. The lowest BCUT2D eigenvalue weighted by molar-refractivity contribution is -0.131. The van der Waals surface area contributed by atoms with Gasteiger partial charge in [-0.05, 0) is 44.2 Å². The molecule has 0 unspecified atom stereocenters. The topological polar surface area (TPSA) is 78.8 Å². The summed E-state index contributed by atoms with van der Waals surface area (Å²) in [6.07, 6.45) is 1.35. The molecule has 3 aromatic rings. The number of hydrogen-bond acceptors (Lipinski definition) is 5. The Balaban J connectivity index is 1.47. The van der Waals surface area contributed by atoms with Crippen LogP contribution in [0.5, 0.6) is 0 Å². The van der Waals surface area contributed by atoms with Gasteiger partial charge in [-0.15, -0.1) is 0 Å². The maximum absolute atomic E-state index is 14.1. The molecule has 1 saturated heterocycles. The van der Waals surface area contributed by atoms with Gasteiger partial charge in [0.25, 0.3) is 11.5 Å². The fraction of sp³-hybridized carbons (Fsp3) is 0.360. The molecule has 4 rings (SSSR count). The number of hydrogen-bond donors (Lipinski definition) is 0. The van der Waals surface area contributed by atoms with Gasteiger partial charge in [-0.2, -0.15) is 0 Å². The van der Waals surface area contributed by atoms with Crippen LogP contribution in [0.25, 0.3) is 10.9 Å². The number of nitrogens with zero attached hydrogens (tertiary/aromatic N) is 5. The summed E-state index contributed by atoms with van der Waals surface area (Å²) in [6.45, 7) is 6.85. The van der Waals surface area contributed by atoms with E-state index >= 15 is 0 Å². The molecule has 1 fully saturated rings. The van der Waals surface area contributed by atoms with Crippen LogP contribution in [-0.4, -0.2) is 70.4 Å². The second-order valence-corrected chi connectivity index (χ2v) is 8.21. The molecule has 34 heavy (non-hydrogen) atoms. The number of rotatable bonds is 6. The summed E-state index contributed by atoms with van der Waals surface area (Å²) in [4.78, 5) is 47.9. The highest BCUT2D eigenvalue weighted by atomic mass is 19.1. The second-order valence-electron chi connectivity index (χ2n) is 8.21. The van der Waals surface area contributed by atoms with Gasteiger partial charge in [0.1, 0.15) is 12.4 Å². The molecule has 1 aliphatic rings. The Morgan fingerprint density at radius 2 is 1.74 bits per heavy atom. The third kappa shape index (κ3) is 4.64. The number of amides is 2. The molecule has 178 valence electrons. The van der Waals surface area contributed by atoms with Crippen molar-refractivity contribution < 1.29 is 14.0 Å². The number of likely N-dealkylation sites (N-methyl/N-ethyl adjacent to an activating group) is 1. The van der Waals surface area contributed by atoms with Crippen molar-refractivity contribution in [1.82, 2.24) is 19.4 Å². The quantitative estimate of drug-likeness (QED) is 0.559. The van der Waals surface area contributed by atoms with Crippen molar-refractivity contribution in [2.24, 2.45) is 0 Å². The van der Waals surface area contributed by atoms with Crippen molar-refractivity contribution in [2.75, 3.05) is 44.2 Å². The van der Waals surface area contributed by atoms with Crippen LogP contribution in [0, 0.1) is 5.82 Å². The van der Waals surface area contributed by atoms with E-state index in [4.69, 9.17) is 0 Å². The summed E-state index contributed by atoms with van der Waals surface area (Å²) in [5.74, 6) is -0.570. The van der Waals surface area contributed by atoms with Crippen LogP contribution in [0.4, 0.5) is 10.1 Å². The van der Waals surface area contributed by atoms with Crippen molar-refractivity contribution in [2.45, 2.75) is 20.4 Å². The lowest BCUT2D eigenvalue weighted by Crippen LogP contribution is -2.49. The fourth-order valence-electron chi connectivity index (χ4n) is 4.27. The first kappa shape index (κ1) is 23.4. The summed E-state index contributed by atoms with van der Waals surface area (Å²) in [6, 6.07) is 11.4. The summed E-state index contributed by atoms with van der Waals surface area (Å²) >= 11 is 0. The standard InChI is InChI=1S/C25H28FN5O3/c1-3-28(4-2)23(32)16-31-17-27-21-15-18(9-10-19(21)25(31)34)24(33)30-13-11-29(12-14-30)22-8-6-5-7-20(22)26/h5-10,15,17H,3-4,11-14,16H2,1-2H3. The lowest BCUT2D eigenvalue weighted by Gasteiger charge is -2.36. The highest BCUT2D eigenvalue weighted by Crippen LogP contribution is 2.21. The van der Waals surface area contributed by atoms with E-state index in [0.717, 1.165) is 0 Å². The number of fused-ring (bicyclic) bond motifs is 1. The maximum Gasteiger partial charge on any atom is 0.261 e. The third-order valence-electron chi connectivity index (χ3n) is 6.25. The number of benzene rings is 2. The average Bonchev–Trinajstić information content (AvgIpc) is 2.86. The smallest absolute Gasteiger partial charge is 0.261 e. The largest absolute Gasteiger partial charge is 0.366 e. The molecule has 9 heteroatoms. The van der Waals surface area contributed by atoms with Crippen LogP contribution in [0.2, 0.25) is 0 Å². The Kier molecular flexibility index (Phi) is 6.90. The number of aromatic nitrogens is 2. The lowest BCUT2D eigenvalue weighted by atomic mass is 10.1. The van der Waals surface area contributed by atoms with E-state index in [0.29, 0.717) is 61.4 Å². The molecular weight excluding hydrogens is 437 g/mol. The highest BCUT2D eigenvalue weighted by molar-refractivity contribution is 5.97. The Hall–Kier alpha value is -3.75. The molecule has 0 saturated carbocycles. The predicted octanol–water partition coefficient (Wildman–Crippen LogP) is 2.37. The minimum Gasteiger partial charge on any atom is -0.366 e. The maximum atomic E-state index is 14.1. The van der Waals surface area contributed by atoms with Gasteiger partial charge in [-0.3, -0.25) is 19.0 Å². The van der Waals surface area contributed by atoms with Crippen molar-refractivity contribution in [1.29, 1.82) is 0 Å². The van der Waals surface area contributed by atoms with Crippen LogP contribution in [0.3, 0.4) is 0 Å². The first-order valence-corrected chi connectivity index (χ1v) is 11.5. The number of anilines is 1. The number of carbonyl (C=O) groups excluding carboxylic acids is 2. The van der Waals surface area contributed by atoms with Crippen LogP contribution >= 0.6 is 0 Å². The van der Waals surface area contributed by atoms with E-state index in [1.807, 2.05) is 18.7 Å². The van der Waals surface area contributed by atoms with Crippen LogP contribution in [0.1, 0.15) is 24.2 Å². The summed E-state index contributed by atoms with van der Waals surface area (Å²) in [7, 11) is 0. The minimum absolute atomic E-state index is 0.0730. The zero-order chi connectivity index (χ0) is 24.2. The van der Waals surface area contributed by atoms with E-state index in [1.54, 1.807) is 46.2 Å². The van der Waals surface area contributed by atoms with Crippen LogP contribution in [-0.2, 0) is 11.3 Å². The molecule has 0 bridgehead atoms. The zero-order valence-electron chi connectivity index (χ0n) is 19.4. The molecule has 2 amide bonds. The zero-order valence-corrected chi connectivity index (χ0v) is 19.4. The first-order valence-electron chi connectivity index (χ1n) is 11.5. The molecule has 0 atom stereocenters. The van der Waals surface area contributed by atoms with Gasteiger partial charge >= 0.3 is 0 Å². The normalized spacial score (nSPS) is 13.9. The minimum atomic E-state index is -0.317. The van der Waals surface area contributed by atoms with E-state index in [9.17, 15) is 18.8 Å². The van der Waals surface area contributed by atoms with Gasteiger partial charge in [0.15, 0.2) is 0 Å². The monoisotopic (exact) mass is 465 g/mol. The highest BCUT2D eigenvalue weighted by Gasteiger charge is 2.24. The third-order valence-corrected chi connectivity index (χ3v) is 6.25. The van der Waals surface area contributed by atoms with Gasteiger partial charge < -0.3 is 14.7 Å². The number of piperazine rings is 1. The molecular formula is C25H28FN5O3. The molecule has 1 aromatic heterocycles. The molecule has 0 radical (unpaired) electrons. The summed E-state index contributed by atoms with van der Waals surface area (Å²) < 4.78 is 15.4.